The van der Waals surface area contributed by atoms with Crippen molar-refractivity contribution >= 4 is 11.6 Å². The molecule has 3 aromatic rings. The fraction of sp³-hybridized carbons (Fsp3) is 0.250. The number of hydrogen-bond acceptors (Lipinski definition) is 5. The first-order chi connectivity index (χ1) is 14.4. The van der Waals surface area contributed by atoms with Gasteiger partial charge in [-0.25, -0.2) is 4.68 Å². The van der Waals surface area contributed by atoms with Gasteiger partial charge in [0.15, 0.2) is 0 Å². The standard InChI is InChI=1S/C20H18F3N5O2/c21-20(22,23)18-9-16(5-6-25-18)28-12-14(10-26-28)19(29)27-15-3-1-13(2-4-15)17-11-24-7-8-30-17/h1-6,9-10,12,17,24H,7-8,11H2,(H,27,29). The molecule has 0 bridgehead atoms. The van der Waals surface area contributed by atoms with Gasteiger partial charge in [0.2, 0.25) is 0 Å². The maximum atomic E-state index is 12.8. The number of ether oxygens (including phenoxy) is 1. The van der Waals surface area contributed by atoms with E-state index in [4.69, 9.17) is 4.74 Å². The number of carbonyl (C=O) groups is 1. The molecule has 30 heavy (non-hydrogen) atoms. The smallest absolute Gasteiger partial charge is 0.371 e. The molecule has 10 heteroatoms. The van der Waals surface area contributed by atoms with Crippen LogP contribution in [-0.4, -0.2) is 40.4 Å². The molecule has 1 fully saturated rings. The zero-order valence-corrected chi connectivity index (χ0v) is 15.7. The van der Waals surface area contributed by atoms with Crippen LogP contribution in [-0.2, 0) is 10.9 Å². The second-order valence-electron chi connectivity index (χ2n) is 6.71. The zero-order chi connectivity index (χ0) is 21.1. The molecular weight excluding hydrogens is 399 g/mol. The van der Waals surface area contributed by atoms with Crippen molar-refractivity contribution in [3.05, 3.63) is 71.8 Å². The number of morpholine rings is 1. The summed E-state index contributed by atoms with van der Waals surface area (Å²) in [5.74, 6) is -0.422. The van der Waals surface area contributed by atoms with Crippen LogP contribution in [0.4, 0.5) is 18.9 Å². The van der Waals surface area contributed by atoms with Crippen molar-refractivity contribution in [3.8, 4) is 5.69 Å². The molecule has 3 heterocycles. The molecule has 1 atom stereocenters. The van der Waals surface area contributed by atoms with Gasteiger partial charge in [-0.05, 0) is 29.8 Å². The van der Waals surface area contributed by atoms with Crippen LogP contribution in [0.25, 0.3) is 5.69 Å². The van der Waals surface area contributed by atoms with E-state index in [0.29, 0.717) is 12.3 Å². The molecule has 0 aliphatic carbocycles. The Morgan fingerprint density at radius 2 is 2.03 bits per heavy atom. The molecule has 7 nitrogen and oxygen atoms in total. The van der Waals surface area contributed by atoms with E-state index < -0.39 is 17.8 Å². The Bertz CT molecular complexity index is 1030. The van der Waals surface area contributed by atoms with E-state index in [1.165, 1.54) is 23.1 Å². The Balaban J connectivity index is 1.44. The van der Waals surface area contributed by atoms with Crippen molar-refractivity contribution in [2.24, 2.45) is 0 Å². The quantitative estimate of drug-likeness (QED) is 0.682. The monoisotopic (exact) mass is 417 g/mol. The molecule has 0 spiro atoms. The third-order valence-electron chi connectivity index (χ3n) is 4.61. The minimum absolute atomic E-state index is 0.0244. The van der Waals surface area contributed by atoms with Crippen LogP contribution in [0.5, 0.6) is 0 Å². The van der Waals surface area contributed by atoms with Gasteiger partial charge in [-0.3, -0.25) is 9.78 Å². The molecule has 1 aliphatic heterocycles. The summed E-state index contributed by atoms with van der Waals surface area (Å²) in [7, 11) is 0. The van der Waals surface area contributed by atoms with Crippen LogP contribution in [0, 0.1) is 0 Å². The first-order valence-electron chi connectivity index (χ1n) is 9.22. The van der Waals surface area contributed by atoms with Gasteiger partial charge in [-0.2, -0.15) is 18.3 Å². The first-order valence-corrected chi connectivity index (χ1v) is 9.22. The number of amides is 1. The van der Waals surface area contributed by atoms with Crippen LogP contribution >= 0.6 is 0 Å². The van der Waals surface area contributed by atoms with Crippen molar-refractivity contribution in [2.75, 3.05) is 25.0 Å². The summed E-state index contributed by atoms with van der Waals surface area (Å²) in [6, 6.07) is 9.56. The van der Waals surface area contributed by atoms with Crippen LogP contribution in [0.2, 0.25) is 0 Å². The van der Waals surface area contributed by atoms with Gasteiger partial charge in [-0.1, -0.05) is 12.1 Å². The van der Waals surface area contributed by atoms with Crippen LogP contribution < -0.4 is 10.6 Å². The number of nitrogens with zero attached hydrogens (tertiary/aromatic N) is 3. The largest absolute Gasteiger partial charge is 0.433 e. The van der Waals surface area contributed by atoms with Gasteiger partial charge >= 0.3 is 6.18 Å². The van der Waals surface area contributed by atoms with Gasteiger partial charge in [0.1, 0.15) is 5.69 Å². The van der Waals surface area contributed by atoms with Gasteiger partial charge in [-0.15, -0.1) is 0 Å². The summed E-state index contributed by atoms with van der Waals surface area (Å²) in [5.41, 5.74) is 0.930. The van der Waals surface area contributed by atoms with Crippen molar-refractivity contribution < 1.29 is 22.7 Å². The normalized spacial score (nSPS) is 17.0. The molecule has 1 saturated heterocycles. The maximum absolute atomic E-state index is 12.8. The van der Waals surface area contributed by atoms with Crippen LogP contribution in [0.3, 0.4) is 0 Å². The number of alkyl halides is 3. The number of rotatable bonds is 4. The summed E-state index contributed by atoms with van der Waals surface area (Å²) in [5, 5.41) is 9.99. The molecule has 1 amide bonds. The summed E-state index contributed by atoms with van der Waals surface area (Å²) in [4.78, 5) is 15.8. The van der Waals surface area contributed by atoms with Crippen LogP contribution in [0.1, 0.15) is 27.7 Å². The molecule has 2 N–H and O–H groups in total. The van der Waals surface area contributed by atoms with Gasteiger partial charge in [0, 0.05) is 31.2 Å². The zero-order valence-electron chi connectivity index (χ0n) is 15.7. The first kappa shape index (κ1) is 20.0. The summed E-state index contributed by atoms with van der Waals surface area (Å²) >= 11 is 0. The molecule has 2 aromatic heterocycles. The number of hydrogen-bond donors (Lipinski definition) is 2. The van der Waals surface area contributed by atoms with Crippen molar-refractivity contribution in [1.82, 2.24) is 20.1 Å². The number of aromatic nitrogens is 3. The molecule has 1 unspecified atom stereocenters. The van der Waals surface area contributed by atoms with E-state index in [1.807, 2.05) is 12.1 Å². The number of benzene rings is 1. The number of anilines is 1. The second-order valence-corrected chi connectivity index (χ2v) is 6.71. The SMILES string of the molecule is O=C(Nc1ccc(C2CNCCO2)cc1)c1cnn(-c2ccnc(C(F)(F)F)c2)c1. The fourth-order valence-corrected chi connectivity index (χ4v) is 3.06. The van der Waals surface area contributed by atoms with E-state index in [2.05, 4.69) is 20.7 Å². The summed E-state index contributed by atoms with van der Waals surface area (Å²) in [6.45, 7) is 2.21. The predicted octanol–water partition coefficient (Wildman–Crippen LogP) is 3.20. The Hall–Kier alpha value is -3.24. The minimum Gasteiger partial charge on any atom is -0.371 e. The molecule has 0 saturated carbocycles. The van der Waals surface area contributed by atoms with Crippen molar-refractivity contribution in [3.63, 3.8) is 0 Å². The highest BCUT2D eigenvalue weighted by Crippen LogP contribution is 2.28. The van der Waals surface area contributed by atoms with E-state index in [9.17, 15) is 18.0 Å². The highest BCUT2D eigenvalue weighted by molar-refractivity contribution is 6.04. The molecule has 1 aliphatic rings. The highest BCUT2D eigenvalue weighted by atomic mass is 19.4. The number of halogens is 3. The maximum Gasteiger partial charge on any atom is 0.433 e. The Morgan fingerprint density at radius 3 is 2.73 bits per heavy atom. The lowest BCUT2D eigenvalue weighted by molar-refractivity contribution is -0.141. The van der Waals surface area contributed by atoms with E-state index in [-0.39, 0.29) is 17.4 Å². The third kappa shape index (κ3) is 4.50. The number of carbonyl (C=O) groups excluding carboxylic acids is 1. The van der Waals surface area contributed by atoms with E-state index >= 15 is 0 Å². The average molecular weight is 417 g/mol. The highest BCUT2D eigenvalue weighted by Gasteiger charge is 2.32. The lowest BCUT2D eigenvalue weighted by Crippen LogP contribution is -2.33. The van der Waals surface area contributed by atoms with E-state index in [0.717, 1.165) is 30.9 Å². The third-order valence-corrected chi connectivity index (χ3v) is 4.61. The summed E-state index contributed by atoms with van der Waals surface area (Å²) < 4.78 is 45.4. The number of pyridine rings is 1. The van der Waals surface area contributed by atoms with E-state index in [1.54, 1.807) is 12.1 Å². The lowest BCUT2D eigenvalue weighted by Gasteiger charge is -2.24. The average Bonchev–Trinajstić information content (AvgIpc) is 3.25. The topological polar surface area (TPSA) is 81.1 Å². The van der Waals surface area contributed by atoms with Gasteiger partial charge in [0.25, 0.3) is 5.91 Å². The van der Waals surface area contributed by atoms with Crippen molar-refractivity contribution in [1.29, 1.82) is 0 Å². The predicted molar refractivity (Wildman–Crippen MR) is 102 cm³/mol. The molecule has 1 aromatic carbocycles. The number of nitrogens with one attached hydrogen (secondary N) is 2. The molecule has 0 radical (unpaired) electrons. The molecule has 4 rings (SSSR count). The Labute approximate surface area is 169 Å². The fourth-order valence-electron chi connectivity index (χ4n) is 3.06. The Kier molecular flexibility index (Phi) is 5.51. The van der Waals surface area contributed by atoms with Crippen molar-refractivity contribution in [2.45, 2.75) is 12.3 Å². The summed E-state index contributed by atoms with van der Waals surface area (Å²) in [6.07, 6.45) is -0.885. The molecule has 156 valence electrons. The van der Waals surface area contributed by atoms with Gasteiger partial charge in [0.05, 0.1) is 30.2 Å². The molecular formula is C20H18F3N5O2. The van der Waals surface area contributed by atoms with Gasteiger partial charge < -0.3 is 15.4 Å². The second kappa shape index (κ2) is 8.25. The lowest BCUT2D eigenvalue weighted by atomic mass is 10.1. The van der Waals surface area contributed by atoms with Crippen LogP contribution in [0.15, 0.2) is 55.0 Å². The Morgan fingerprint density at radius 1 is 1.23 bits per heavy atom. The minimum atomic E-state index is -4.56.